The molecule has 2 heterocycles. The molecular weight excluding hydrogens is 649 g/mol. The molecule has 48 heavy (non-hydrogen) atoms. The zero-order valence-electron chi connectivity index (χ0n) is 26.6. The third-order valence-electron chi connectivity index (χ3n) is 9.86. The van der Waals surface area contributed by atoms with Crippen molar-refractivity contribution in [1.29, 1.82) is 0 Å². The Morgan fingerprint density at radius 3 is 2.54 bits per heavy atom. The summed E-state index contributed by atoms with van der Waals surface area (Å²) in [6, 6.07) is 7.62. The fourth-order valence-electron chi connectivity index (χ4n) is 6.86. The fourth-order valence-corrected chi connectivity index (χ4v) is 8.23. The number of carbonyl (C=O) groups excluding carboxylic acids is 3. The third-order valence-corrected chi connectivity index (χ3v) is 11.7. The highest BCUT2D eigenvalue weighted by atomic mass is 32.2. The van der Waals surface area contributed by atoms with Gasteiger partial charge in [-0.25, -0.2) is 8.42 Å². The highest BCUT2D eigenvalue weighted by Crippen LogP contribution is 2.45. The summed E-state index contributed by atoms with van der Waals surface area (Å²) in [5.74, 6) is -3.25. The van der Waals surface area contributed by atoms with Gasteiger partial charge in [0.2, 0.25) is 21.8 Å². The second-order valence-corrected chi connectivity index (χ2v) is 15.4. The van der Waals surface area contributed by atoms with Crippen LogP contribution in [-0.2, 0) is 30.8 Å². The van der Waals surface area contributed by atoms with Gasteiger partial charge in [0.15, 0.2) is 6.04 Å². The molecule has 4 bridgehead atoms. The van der Waals surface area contributed by atoms with Gasteiger partial charge in [-0.05, 0) is 68.2 Å². The minimum Gasteiger partial charge on any atom is -0.488 e. The first-order chi connectivity index (χ1) is 22.8. The number of ether oxygens (including phenoxy) is 1. The average Bonchev–Trinajstić information content (AvgIpc) is 3.96. The Morgan fingerprint density at radius 1 is 1.08 bits per heavy atom. The smallest absolute Gasteiger partial charge is 0.412 e. The lowest BCUT2D eigenvalue weighted by Gasteiger charge is -2.30. The Morgan fingerprint density at radius 2 is 1.83 bits per heavy atom. The molecule has 1 saturated heterocycles. The maximum absolute atomic E-state index is 14.4. The topological polar surface area (TPSA) is 134 Å². The van der Waals surface area contributed by atoms with Crippen LogP contribution in [0.15, 0.2) is 49.1 Å². The third kappa shape index (κ3) is 7.19. The summed E-state index contributed by atoms with van der Waals surface area (Å²) in [6.45, 7) is 3.34. The van der Waals surface area contributed by atoms with E-state index in [1.54, 1.807) is 12.1 Å². The summed E-state index contributed by atoms with van der Waals surface area (Å²) in [5.41, 5.74) is -0.530. The van der Waals surface area contributed by atoms with Gasteiger partial charge >= 0.3 is 6.18 Å². The van der Waals surface area contributed by atoms with Gasteiger partial charge < -0.3 is 15.0 Å². The van der Waals surface area contributed by atoms with E-state index in [2.05, 4.69) is 28.0 Å². The van der Waals surface area contributed by atoms with Crippen molar-refractivity contribution in [2.45, 2.75) is 99.4 Å². The molecule has 10 nitrogen and oxygen atoms in total. The first-order valence-electron chi connectivity index (χ1n) is 16.6. The molecule has 2 aliphatic heterocycles. The van der Waals surface area contributed by atoms with Crippen molar-refractivity contribution in [2.75, 3.05) is 13.1 Å². The first kappa shape index (κ1) is 34.2. The van der Waals surface area contributed by atoms with Gasteiger partial charge in [0.1, 0.15) is 23.4 Å². The van der Waals surface area contributed by atoms with Crippen LogP contribution < -0.4 is 20.1 Å². The number of sulfonamides is 1. The van der Waals surface area contributed by atoms with E-state index < -0.39 is 68.8 Å². The number of hydrogen-bond acceptors (Lipinski definition) is 7. The van der Waals surface area contributed by atoms with E-state index in [0.29, 0.717) is 31.4 Å². The molecular formula is C34H41F3N4O6S. The lowest BCUT2D eigenvalue weighted by Crippen LogP contribution is -2.60. The molecule has 2 saturated carbocycles. The Kier molecular flexibility index (Phi) is 9.51. The molecule has 0 radical (unpaired) electrons. The fraction of sp³-hybridized carbons (Fsp3) is 0.559. The number of aryl methyl sites for hydroxylation is 1. The number of alkyl halides is 3. The molecule has 0 spiro atoms. The van der Waals surface area contributed by atoms with Crippen LogP contribution >= 0.6 is 0 Å². The van der Waals surface area contributed by atoms with Crippen LogP contribution in [0.2, 0.25) is 0 Å². The van der Waals surface area contributed by atoms with Crippen molar-refractivity contribution in [3.8, 4) is 5.75 Å². The Balaban J connectivity index is 1.30. The number of carbonyl (C=O) groups is 3. The molecule has 2 aromatic rings. The van der Waals surface area contributed by atoms with Gasteiger partial charge in [-0.3, -0.25) is 24.4 Å². The lowest BCUT2D eigenvalue weighted by atomic mass is 10.0. The monoisotopic (exact) mass is 690 g/mol. The lowest BCUT2D eigenvalue weighted by molar-refractivity contribution is -0.177. The molecule has 0 aromatic heterocycles. The van der Waals surface area contributed by atoms with Crippen LogP contribution in [0.25, 0.3) is 10.8 Å². The summed E-state index contributed by atoms with van der Waals surface area (Å²) in [5, 5.41) is 6.03. The quantitative estimate of drug-likeness (QED) is 0.392. The van der Waals surface area contributed by atoms with Gasteiger partial charge in [-0.1, -0.05) is 49.6 Å². The maximum Gasteiger partial charge on any atom is 0.412 e. The zero-order valence-corrected chi connectivity index (χ0v) is 27.4. The molecule has 5 atom stereocenters. The Labute approximate surface area is 277 Å². The molecule has 3 N–H and O–H groups in total. The largest absolute Gasteiger partial charge is 0.488 e. The highest BCUT2D eigenvalue weighted by Gasteiger charge is 2.62. The van der Waals surface area contributed by atoms with Crippen molar-refractivity contribution < 1.29 is 40.7 Å². The average molecular weight is 691 g/mol. The van der Waals surface area contributed by atoms with E-state index in [-0.39, 0.29) is 25.9 Å². The highest BCUT2D eigenvalue weighted by molar-refractivity contribution is 7.91. The van der Waals surface area contributed by atoms with Crippen molar-refractivity contribution in [1.82, 2.24) is 20.3 Å². The minimum atomic E-state index is -4.94. The van der Waals surface area contributed by atoms with Gasteiger partial charge in [-0.15, -0.1) is 6.58 Å². The molecule has 260 valence electrons. The molecule has 0 unspecified atom stereocenters. The van der Waals surface area contributed by atoms with Crippen LogP contribution in [0.3, 0.4) is 0 Å². The molecule has 3 amide bonds. The van der Waals surface area contributed by atoms with Crippen molar-refractivity contribution >= 4 is 38.5 Å². The maximum atomic E-state index is 14.4. The van der Waals surface area contributed by atoms with Crippen molar-refractivity contribution in [3.05, 3.63) is 54.6 Å². The number of fused-ring (bicyclic) bond motifs is 3. The number of benzene rings is 2. The van der Waals surface area contributed by atoms with Gasteiger partial charge in [0.05, 0.1) is 11.8 Å². The summed E-state index contributed by atoms with van der Waals surface area (Å²) < 4.78 is 76.6. The van der Waals surface area contributed by atoms with E-state index in [9.17, 15) is 36.0 Å². The standard InChI is InChI=1S/C34H41F3N4O6S/c1-2-23-19-33(23,32(44)40-48(45,46)25-14-15-25)39-30(42)27-18-24-20-41(27)31(43)29(34(35,36)37)38-16-7-5-3-4-6-9-21-12-13-22-10-8-11-28(47-24)26(22)17-21/h2,8,10-13,17,23-25,27,29,38H,1,3-7,9,14-16,18-20H2,(H,39,42)(H,40,44)/t23-,24-,27+,29-,33-/m1/s1. The van der Waals surface area contributed by atoms with E-state index >= 15 is 0 Å². The first-order valence-corrected chi connectivity index (χ1v) is 18.2. The normalized spacial score (nSPS) is 28.6. The van der Waals surface area contributed by atoms with E-state index in [4.69, 9.17) is 4.74 Å². The van der Waals surface area contributed by atoms with Gasteiger partial charge in [0.25, 0.3) is 5.91 Å². The SMILES string of the molecule is C=C[C@@H]1C[C@]1(NC(=O)[C@@H]1C[C@@H]2CN1C(=O)[C@H](C(F)(F)F)NCCCCCCCc1ccc3cccc(c3c1)O2)C(=O)NS(=O)(=O)C1CC1. The van der Waals surface area contributed by atoms with Crippen LogP contribution in [-0.4, -0.2) is 79.3 Å². The van der Waals surface area contributed by atoms with Gasteiger partial charge in [0, 0.05) is 17.7 Å². The molecule has 3 fully saturated rings. The number of nitrogens with one attached hydrogen (secondary N) is 3. The summed E-state index contributed by atoms with van der Waals surface area (Å²) in [6.07, 6.45) is 1.05. The molecule has 2 aromatic carbocycles. The van der Waals surface area contributed by atoms with Gasteiger partial charge in [-0.2, -0.15) is 13.2 Å². The van der Waals surface area contributed by atoms with Crippen LogP contribution in [0, 0.1) is 5.92 Å². The van der Waals surface area contributed by atoms with E-state index in [1.165, 1.54) is 6.08 Å². The number of rotatable bonds is 6. The number of amides is 3. The van der Waals surface area contributed by atoms with E-state index in [0.717, 1.165) is 46.9 Å². The predicted octanol–water partition coefficient (Wildman–Crippen LogP) is 3.88. The van der Waals surface area contributed by atoms with Crippen LogP contribution in [0.5, 0.6) is 5.75 Å². The minimum absolute atomic E-state index is 0.0373. The molecule has 14 heteroatoms. The second-order valence-electron chi connectivity index (χ2n) is 13.4. The zero-order chi connectivity index (χ0) is 34.3. The Bertz CT molecular complexity index is 1700. The number of halogens is 3. The number of nitrogens with zero attached hydrogens (tertiary/aromatic N) is 1. The summed E-state index contributed by atoms with van der Waals surface area (Å²) in [7, 11) is -3.95. The molecule has 6 rings (SSSR count). The molecule has 4 aliphatic rings. The Hall–Kier alpha value is -3.65. The van der Waals surface area contributed by atoms with Crippen LogP contribution in [0.4, 0.5) is 13.2 Å². The molecule has 2 aliphatic carbocycles. The van der Waals surface area contributed by atoms with E-state index in [1.807, 2.05) is 18.2 Å². The summed E-state index contributed by atoms with van der Waals surface area (Å²) in [4.78, 5) is 41.8. The number of hydrogen-bond donors (Lipinski definition) is 3. The predicted molar refractivity (Wildman–Crippen MR) is 172 cm³/mol. The summed E-state index contributed by atoms with van der Waals surface area (Å²) >= 11 is 0. The van der Waals surface area contributed by atoms with Crippen molar-refractivity contribution in [3.63, 3.8) is 0 Å². The van der Waals surface area contributed by atoms with Crippen LogP contribution in [0.1, 0.15) is 63.4 Å². The van der Waals surface area contributed by atoms with Crippen molar-refractivity contribution in [2.24, 2.45) is 5.92 Å². The second kappa shape index (κ2) is 13.3.